The third-order valence-corrected chi connectivity index (χ3v) is 12.1. The largest absolute Gasteiger partial charge is 0.416 e. The Labute approximate surface area is 436 Å². The molecule has 2 amide bonds. The topological polar surface area (TPSA) is 203 Å². The van der Waals surface area contributed by atoms with Crippen LogP contribution in [0.5, 0.6) is 0 Å². The number of imidazole rings is 1. The van der Waals surface area contributed by atoms with E-state index in [0.29, 0.717) is 63.1 Å². The molecule has 0 aliphatic rings. The van der Waals surface area contributed by atoms with Crippen LogP contribution in [0, 0.1) is 34.6 Å². The molecule has 77 heavy (non-hydrogen) atoms. The maximum Gasteiger partial charge on any atom is 0.416 e. The Hall–Kier alpha value is -9.61. The highest BCUT2D eigenvalue weighted by molar-refractivity contribution is 6.06. The molecule has 18 nitrogen and oxygen atoms in total. The molecule has 0 spiro atoms. The van der Waals surface area contributed by atoms with Gasteiger partial charge >= 0.3 is 12.4 Å². The van der Waals surface area contributed by atoms with E-state index in [1.165, 1.54) is 40.4 Å². The Balaban J connectivity index is 0.916. The predicted octanol–water partition coefficient (Wildman–Crippen LogP) is 11.1. The summed E-state index contributed by atoms with van der Waals surface area (Å²) >= 11 is 0. The van der Waals surface area contributed by atoms with E-state index in [0.717, 1.165) is 29.8 Å². The van der Waals surface area contributed by atoms with Crippen molar-refractivity contribution in [3.05, 3.63) is 178 Å². The van der Waals surface area contributed by atoms with Gasteiger partial charge in [-0.3, -0.25) is 9.59 Å². The normalized spacial score (nSPS) is 11.6. The number of hydrogen-bond donors (Lipinski definition) is 5. The lowest BCUT2D eigenvalue weighted by Crippen LogP contribution is -2.20. The number of hydrogen-bond acceptors (Lipinski definition) is 13. The van der Waals surface area contributed by atoms with Crippen molar-refractivity contribution >= 4 is 57.8 Å². The van der Waals surface area contributed by atoms with Gasteiger partial charge in [0.2, 0.25) is 0 Å². The predicted molar refractivity (Wildman–Crippen MR) is 279 cm³/mol. The van der Waals surface area contributed by atoms with Crippen LogP contribution < -0.4 is 31.5 Å². The van der Waals surface area contributed by atoms with E-state index in [-0.39, 0.29) is 46.1 Å². The molecule has 5 aromatic heterocycles. The average molecular weight is 1060 g/mol. The van der Waals surface area contributed by atoms with Crippen LogP contribution in [0.15, 0.2) is 122 Å². The molecule has 0 radical (unpaired) electrons. The van der Waals surface area contributed by atoms with E-state index in [2.05, 4.69) is 61.7 Å². The lowest BCUT2D eigenvalue weighted by atomic mass is 10.1. The molecule has 9 rings (SSSR count). The van der Waals surface area contributed by atoms with Crippen molar-refractivity contribution in [1.29, 1.82) is 0 Å². The molecule has 0 aliphatic heterocycles. The zero-order chi connectivity index (χ0) is 54.9. The number of rotatable bonds is 15. The number of halogens is 6. The first-order valence-corrected chi connectivity index (χ1v) is 23.6. The lowest BCUT2D eigenvalue weighted by Gasteiger charge is -2.21. The quantitative estimate of drug-likeness (QED) is 0.0608. The molecule has 24 heteroatoms. The highest BCUT2D eigenvalue weighted by atomic mass is 19.4. The van der Waals surface area contributed by atoms with Crippen LogP contribution in [-0.4, -0.2) is 75.0 Å². The molecule has 0 saturated carbocycles. The van der Waals surface area contributed by atoms with Crippen LogP contribution in [0.3, 0.4) is 0 Å². The minimum absolute atomic E-state index is 0.0815. The Morgan fingerprint density at radius 1 is 0.584 bits per heavy atom. The van der Waals surface area contributed by atoms with Crippen LogP contribution in [0.1, 0.15) is 65.6 Å². The first kappa shape index (κ1) is 52.3. The molecule has 0 bridgehead atoms. The number of amides is 2. The SMILES string of the molecule is CNc1cc(-n2nc(C)cc2Nc2cc(C(=O)Nc3cc(CN(C)c4cc(-n5nc(C)cc5Nc5cc(C(=O)Nc6cc(-n7cnc(C)c7)cc(C(F)(F)F)c6)ccc5C)ncn4)cc(C(F)(F)F)c3)ccc2C)ncn1. The second-order valence-corrected chi connectivity index (χ2v) is 18.1. The summed E-state index contributed by atoms with van der Waals surface area (Å²) in [6.45, 7) is 8.82. The van der Waals surface area contributed by atoms with Crippen molar-refractivity contribution < 1.29 is 35.9 Å². The van der Waals surface area contributed by atoms with Crippen LogP contribution in [0.25, 0.3) is 17.3 Å². The minimum atomic E-state index is -4.76. The molecule has 0 aliphatic carbocycles. The van der Waals surface area contributed by atoms with Crippen molar-refractivity contribution in [2.45, 2.75) is 53.5 Å². The Morgan fingerprint density at radius 3 is 1.65 bits per heavy atom. The molecule has 0 fully saturated rings. The highest BCUT2D eigenvalue weighted by Crippen LogP contribution is 2.36. The summed E-state index contributed by atoms with van der Waals surface area (Å²) in [5.74, 6) is 1.28. The number of alkyl halides is 6. The summed E-state index contributed by atoms with van der Waals surface area (Å²) in [6, 6.07) is 23.0. The van der Waals surface area contributed by atoms with Crippen molar-refractivity contribution in [1.82, 2.24) is 49.0 Å². The second kappa shape index (κ2) is 21.0. The first-order chi connectivity index (χ1) is 36.6. The van der Waals surface area contributed by atoms with Gasteiger partial charge in [0.25, 0.3) is 11.8 Å². The molecule has 394 valence electrons. The molecule has 4 aromatic carbocycles. The van der Waals surface area contributed by atoms with Gasteiger partial charge in [-0.15, -0.1) is 0 Å². The summed E-state index contributed by atoms with van der Waals surface area (Å²) in [5, 5.41) is 24.0. The average Bonchev–Trinajstić information content (AvgIpc) is 4.14. The zero-order valence-electron chi connectivity index (χ0n) is 42.3. The second-order valence-electron chi connectivity index (χ2n) is 18.1. The molecule has 0 atom stereocenters. The molecule has 5 N–H and O–H groups in total. The number of benzene rings is 4. The fraction of sp³-hybridized carbons (Fsp3) is 0.189. The van der Waals surface area contributed by atoms with Crippen LogP contribution in [0.2, 0.25) is 0 Å². The van der Waals surface area contributed by atoms with Gasteiger partial charge in [-0.05, 0) is 112 Å². The smallest absolute Gasteiger partial charge is 0.373 e. The minimum Gasteiger partial charge on any atom is -0.373 e. The molecular weight excluding hydrogens is 1010 g/mol. The summed E-state index contributed by atoms with van der Waals surface area (Å²) in [6.07, 6.45) is -3.83. The van der Waals surface area contributed by atoms with E-state index in [1.54, 1.807) is 111 Å². The van der Waals surface area contributed by atoms with Crippen molar-refractivity contribution in [2.24, 2.45) is 0 Å². The number of aryl methyl sites for hydroxylation is 5. The Bertz CT molecular complexity index is 3700. The number of nitrogens with one attached hydrogen (secondary N) is 5. The van der Waals surface area contributed by atoms with E-state index >= 15 is 0 Å². The maximum absolute atomic E-state index is 14.5. The third-order valence-electron chi connectivity index (χ3n) is 12.1. The van der Waals surface area contributed by atoms with Gasteiger partial charge in [-0.2, -0.15) is 45.9 Å². The van der Waals surface area contributed by atoms with Crippen molar-refractivity contribution in [2.75, 3.05) is 45.6 Å². The van der Waals surface area contributed by atoms with Crippen LogP contribution in [0.4, 0.5) is 72.4 Å². The molecule has 5 heterocycles. The fourth-order valence-electron chi connectivity index (χ4n) is 8.20. The zero-order valence-corrected chi connectivity index (χ0v) is 42.3. The number of nitrogens with zero attached hydrogens (tertiary/aromatic N) is 11. The van der Waals surface area contributed by atoms with Crippen LogP contribution >= 0.6 is 0 Å². The number of anilines is 8. The summed E-state index contributed by atoms with van der Waals surface area (Å²) in [4.78, 5) is 50.5. The Morgan fingerprint density at radius 2 is 1.12 bits per heavy atom. The summed E-state index contributed by atoms with van der Waals surface area (Å²) in [5.41, 5.74) is 2.92. The molecule has 0 unspecified atom stereocenters. The van der Waals surface area contributed by atoms with E-state index in [9.17, 15) is 35.9 Å². The number of carbonyl (C=O) groups excluding carboxylic acids is 2. The number of carbonyl (C=O) groups is 2. The van der Waals surface area contributed by atoms with Gasteiger partial charge in [-0.1, -0.05) is 12.1 Å². The van der Waals surface area contributed by atoms with Gasteiger partial charge in [-0.25, -0.2) is 24.9 Å². The molecule has 9 aromatic rings. The van der Waals surface area contributed by atoms with Gasteiger partial charge in [0, 0.05) is 90.7 Å². The summed E-state index contributed by atoms with van der Waals surface area (Å²) in [7, 11) is 3.36. The Kier molecular flexibility index (Phi) is 14.2. The monoisotopic (exact) mass is 1050 g/mol. The third kappa shape index (κ3) is 12.0. The van der Waals surface area contributed by atoms with Crippen LogP contribution in [-0.2, 0) is 18.9 Å². The lowest BCUT2D eigenvalue weighted by molar-refractivity contribution is -0.138. The maximum atomic E-state index is 14.5. The first-order valence-electron chi connectivity index (χ1n) is 23.6. The van der Waals surface area contributed by atoms with Crippen molar-refractivity contribution in [3.63, 3.8) is 0 Å². The molecule has 0 saturated heterocycles. The van der Waals surface area contributed by atoms with Crippen molar-refractivity contribution in [3.8, 4) is 17.3 Å². The summed E-state index contributed by atoms with van der Waals surface area (Å²) < 4.78 is 89.8. The van der Waals surface area contributed by atoms with E-state index in [1.807, 2.05) is 13.8 Å². The van der Waals surface area contributed by atoms with E-state index in [4.69, 9.17) is 0 Å². The standard InChI is InChI=1S/C53H48F6N16O2/c1-29-8-10-35(16-42(29)68-48-12-31(3)70-74(48)46-22-44(60-6)61-26-63-46)50(76)66-39-15-34(14-37(18-39)52(54,55)56)25-72(7)45-23-47(64-27-62-45)75-49(13-32(4)71-75)69-43-17-36(11-9-30(43)2)51(77)67-40-19-38(53(57,58)59)20-41(21-40)73-24-33(5)65-28-73/h8-24,26-28,68-69H,25H2,1-7H3,(H,66,76)(H,67,77)(H,60,61,63). The van der Waals surface area contributed by atoms with Gasteiger partial charge in [0.05, 0.1) is 34.5 Å². The van der Waals surface area contributed by atoms with Gasteiger partial charge in [0.1, 0.15) is 35.9 Å². The highest BCUT2D eigenvalue weighted by Gasteiger charge is 2.33. The molecular formula is C53H48F6N16O2. The van der Waals surface area contributed by atoms with Gasteiger partial charge in [0.15, 0.2) is 11.6 Å². The number of aromatic nitrogens is 10. The van der Waals surface area contributed by atoms with Gasteiger partial charge < -0.3 is 36.1 Å². The van der Waals surface area contributed by atoms with E-state index < -0.39 is 35.3 Å². The fourth-order valence-corrected chi connectivity index (χ4v) is 8.20.